The van der Waals surface area contributed by atoms with Crippen molar-refractivity contribution >= 4 is 238 Å². The number of fused-ring (bicyclic) bond motifs is 5. The number of nitrogens with one attached hydrogen (secondary N) is 2. The quantitative estimate of drug-likeness (QED) is 0.0164. The van der Waals surface area contributed by atoms with Gasteiger partial charge in [-0.2, -0.15) is 0 Å². The molecule has 2 aliphatic rings. The van der Waals surface area contributed by atoms with Gasteiger partial charge in [-0.15, -0.1) is 0 Å². The van der Waals surface area contributed by atoms with E-state index in [0.29, 0.717) is 69.8 Å². The zero-order chi connectivity index (χ0) is 63.9. The van der Waals surface area contributed by atoms with Crippen molar-refractivity contribution in [3.05, 3.63) is 106 Å². The van der Waals surface area contributed by atoms with Crippen molar-refractivity contribution in [2.24, 2.45) is 0 Å². The second kappa shape index (κ2) is 32.6. The Morgan fingerprint density at radius 2 is 0.921 bits per heavy atom. The van der Waals surface area contributed by atoms with Gasteiger partial charge in [-0.05, 0) is 0 Å². The molecule has 2 fully saturated rings. The summed E-state index contributed by atoms with van der Waals surface area (Å²) < 4.78 is 43.4. The SMILES string of the molecule is CCCNc1ccc([N+](=O)[O-])c2n[se]nc12.CCN(CC)c1cc(I)c([N+](=O)[O-])c2n[se]nc12.O=C(O)CCCCCNc1cc(I)c([N+](=O)[O-])c2n[se]nc12.O=[N+]([O-])c1ccc(N2CC2)c2n[se]nc12.O=[N+]([O-])c1ccc(N2CCCCC2)c2n[se]nc12. The van der Waals surface area contributed by atoms with Gasteiger partial charge in [0.05, 0.1) is 0 Å². The summed E-state index contributed by atoms with van der Waals surface area (Å²) in [5.74, 6) is -0.779. The Bertz CT molecular complexity index is 4190. The van der Waals surface area contributed by atoms with Gasteiger partial charge in [-0.25, -0.2) is 0 Å². The number of piperidine rings is 1. The number of nitro groups is 5. The van der Waals surface area contributed by atoms with Crippen LogP contribution in [0.25, 0.3) is 55.2 Å². The number of carboxylic acid groups (broad SMARTS) is 1. The van der Waals surface area contributed by atoms with E-state index in [0.717, 1.165) is 99.0 Å². The Kier molecular flexibility index (Phi) is 25.1. The van der Waals surface area contributed by atoms with E-state index in [1.807, 2.05) is 57.3 Å². The van der Waals surface area contributed by atoms with E-state index in [1.165, 1.54) is 31.4 Å². The van der Waals surface area contributed by atoms with Crippen LogP contribution < -0.4 is 25.3 Å². The van der Waals surface area contributed by atoms with Crippen molar-refractivity contribution < 1.29 is 34.5 Å². The second-order valence-electron chi connectivity index (χ2n) is 19.2. The molecule has 0 spiro atoms. The van der Waals surface area contributed by atoms with Crippen LogP contribution in [0.5, 0.6) is 0 Å². The number of aliphatic carboxylic acids is 1. The number of nitro benzene ring substituents is 5. The van der Waals surface area contributed by atoms with Crippen molar-refractivity contribution in [1.82, 2.24) is 39.8 Å². The summed E-state index contributed by atoms with van der Waals surface area (Å²) in [6.07, 6.45) is 7.08. The summed E-state index contributed by atoms with van der Waals surface area (Å²) in [7, 11) is 0. The van der Waals surface area contributed by atoms with Crippen molar-refractivity contribution in [2.75, 3.05) is 77.7 Å². The van der Waals surface area contributed by atoms with Crippen LogP contribution in [-0.4, -0.2) is 203 Å². The van der Waals surface area contributed by atoms with Gasteiger partial charge in [-0.1, -0.05) is 0 Å². The normalized spacial score (nSPS) is 12.5. The van der Waals surface area contributed by atoms with Gasteiger partial charge in [0.1, 0.15) is 0 Å². The molecule has 0 unspecified atom stereocenters. The van der Waals surface area contributed by atoms with Crippen molar-refractivity contribution in [3.8, 4) is 0 Å². The van der Waals surface area contributed by atoms with Gasteiger partial charge < -0.3 is 0 Å². The van der Waals surface area contributed by atoms with Gasteiger partial charge in [0.2, 0.25) is 0 Å². The van der Waals surface area contributed by atoms with Crippen LogP contribution in [0.15, 0.2) is 48.5 Å². The van der Waals surface area contributed by atoms with E-state index in [1.54, 1.807) is 24.3 Å². The van der Waals surface area contributed by atoms with Crippen molar-refractivity contribution in [2.45, 2.75) is 72.1 Å². The Labute approximate surface area is 563 Å². The molecule has 5 aromatic heterocycles. The second-order valence-corrected chi connectivity index (χ2v) is 27.0. The number of hydrogen-bond acceptors (Lipinski definition) is 26. The molecule has 0 saturated carbocycles. The molecule has 7 heterocycles. The van der Waals surface area contributed by atoms with Gasteiger partial charge >= 0.3 is 568 Å². The Balaban J connectivity index is 0.000000145. The number of benzene rings is 5. The Hall–Kier alpha value is -6.37. The van der Waals surface area contributed by atoms with Crippen LogP contribution in [0.3, 0.4) is 0 Å². The number of carbonyl (C=O) groups is 1. The van der Waals surface area contributed by atoms with E-state index >= 15 is 0 Å². The molecule has 0 radical (unpaired) electrons. The third kappa shape index (κ3) is 17.0. The molecule has 468 valence electrons. The molecule has 0 atom stereocenters. The van der Waals surface area contributed by atoms with Crippen LogP contribution in [0, 0.1) is 57.7 Å². The average Bonchev–Trinajstić information content (AvgIpc) is 1.97. The zero-order valence-corrected chi connectivity index (χ0v) is 60.1. The number of non-ortho nitro benzene ring substituents is 3. The first-order chi connectivity index (χ1) is 42.9. The number of carboxylic acids is 1. The first-order valence-corrected chi connectivity index (χ1v) is 37.0. The third-order valence-electron chi connectivity index (χ3n) is 13.5. The first kappa shape index (κ1) is 68.5. The minimum absolute atomic E-state index is 0.0192. The molecule has 89 heavy (non-hydrogen) atoms. The molecule has 2 aliphatic heterocycles. The van der Waals surface area contributed by atoms with E-state index in [2.05, 4.69) is 85.9 Å². The third-order valence-corrected chi connectivity index (χ3v) is 20.7. The van der Waals surface area contributed by atoms with Crippen LogP contribution in [0.1, 0.15) is 72.1 Å². The number of halogens is 2. The first-order valence-electron chi connectivity index (χ1n) is 27.2. The monoisotopic (exact) mass is 1780 g/mol. The predicted molar refractivity (Wildman–Crippen MR) is 356 cm³/mol. The van der Waals surface area contributed by atoms with E-state index in [9.17, 15) is 55.4 Å². The fourth-order valence-electron chi connectivity index (χ4n) is 9.18. The van der Waals surface area contributed by atoms with Gasteiger partial charge in [0, 0.05) is 0 Å². The van der Waals surface area contributed by atoms with Crippen LogP contribution in [0.2, 0.25) is 0 Å². The van der Waals surface area contributed by atoms with Crippen molar-refractivity contribution in [3.63, 3.8) is 0 Å². The molecule has 12 rings (SSSR count). The molecule has 3 N–H and O–H groups in total. The molecule has 0 amide bonds. The number of nitrogens with zero attached hydrogens (tertiary/aromatic N) is 18. The van der Waals surface area contributed by atoms with Crippen LogP contribution >= 0.6 is 45.2 Å². The summed E-state index contributed by atoms with van der Waals surface area (Å²) in [5, 5.41) is 69.7. The zero-order valence-electron chi connectivity index (χ0n) is 47.2. The summed E-state index contributed by atoms with van der Waals surface area (Å²) in [5.41, 5.74) is 10.3. The predicted octanol–water partition coefficient (Wildman–Crippen LogP) is 7.72. The average molecular weight is 1770 g/mol. The van der Waals surface area contributed by atoms with Crippen LogP contribution in [0.4, 0.5) is 56.9 Å². The van der Waals surface area contributed by atoms with Gasteiger partial charge in [0.15, 0.2) is 0 Å². The number of unbranched alkanes of at least 4 members (excludes halogenated alkanes) is 2. The number of hydrogen-bond donors (Lipinski definition) is 3. The minimum atomic E-state index is -0.779. The summed E-state index contributed by atoms with van der Waals surface area (Å²) in [6, 6.07) is 13.4. The molecular formula is C50H52I2N20O12Se5. The summed E-state index contributed by atoms with van der Waals surface area (Å²) in [6.45, 7) is 13.4. The van der Waals surface area contributed by atoms with Crippen molar-refractivity contribution in [1.29, 1.82) is 0 Å². The van der Waals surface area contributed by atoms with E-state index < -0.39 is 20.7 Å². The standard InChI is InChI=1S/C12H13IN4O4Se.C11H12N4O2Se.C10H11IN4O2Se.C9H10N4O2Se.C8H6N4O2Se/c13-7-6-8(14-5-3-1-2-4-9(18)19)10-11(16-22-15-10)12(7)17(20)21;16-15(17)9-5-4-8(10-11(9)13-18-12-10)14-6-2-1-3-7-14;1-3-14(4-2)7-5-6(11)10(15(16)17)9-8(7)12-18-13-9;1-2-5-10-6-3-4-7(13(14)15)9-8(6)11-16-12-9;13-12(14)6-2-1-5(11-3-4-11)7-8(6)10-15-9-7/h6,14H,1-5H2,(H,18,19);4-5H,1-3,6-7H2;5H,3-4H2,1-2H3;3-4,10H,2,5H2,1H3;1-2H,3-4H2. The summed E-state index contributed by atoms with van der Waals surface area (Å²) in [4.78, 5) is 69.7. The molecular weight excluding hydrogens is 1720 g/mol. The number of rotatable bonds is 20. The molecule has 32 nitrogen and oxygen atoms in total. The Morgan fingerprint density at radius 1 is 0.506 bits per heavy atom. The maximum absolute atomic E-state index is 11.1. The number of aromatic nitrogens is 10. The fourth-order valence-corrected chi connectivity index (χ4v) is 16.6. The molecule has 0 aliphatic carbocycles. The van der Waals surface area contributed by atoms with Gasteiger partial charge in [0.25, 0.3) is 0 Å². The molecule has 5 aromatic carbocycles. The Morgan fingerprint density at radius 3 is 1.39 bits per heavy atom. The topological polar surface area (TPSA) is 415 Å². The fraction of sp³-hybridized carbons (Fsp3) is 0.380. The van der Waals surface area contributed by atoms with Crippen LogP contribution in [-0.2, 0) is 4.79 Å². The maximum atomic E-state index is 11.1. The summed E-state index contributed by atoms with van der Waals surface area (Å²) >= 11 is 2.62. The molecule has 2 saturated heterocycles. The van der Waals surface area contributed by atoms with E-state index in [-0.39, 0.29) is 120 Å². The molecule has 39 heteroatoms. The van der Waals surface area contributed by atoms with E-state index in [4.69, 9.17) is 5.11 Å². The van der Waals surface area contributed by atoms with Gasteiger partial charge in [-0.3, -0.25) is 0 Å². The molecule has 10 aromatic rings. The molecule has 0 bridgehead atoms. The number of anilines is 5.